The summed E-state index contributed by atoms with van der Waals surface area (Å²) >= 11 is 0. The van der Waals surface area contributed by atoms with Gasteiger partial charge in [-0.15, -0.1) is 0 Å². The third-order valence-corrected chi connectivity index (χ3v) is 5.75. The van der Waals surface area contributed by atoms with Gasteiger partial charge in [0.1, 0.15) is 18.4 Å². The van der Waals surface area contributed by atoms with E-state index < -0.39 is 17.7 Å². The highest BCUT2D eigenvalue weighted by Crippen LogP contribution is 2.32. The number of carbonyl (C=O) groups excluding carboxylic acids is 2. The van der Waals surface area contributed by atoms with Crippen molar-refractivity contribution >= 4 is 12.0 Å². The average molecular weight is 482 g/mol. The molecule has 1 atom stereocenters. The summed E-state index contributed by atoms with van der Waals surface area (Å²) < 4.78 is 11.2. The molecular formula is C28H39N3O4. The molecule has 2 aromatic rings. The maximum atomic E-state index is 12.7. The maximum Gasteiger partial charge on any atom is 0.408 e. The molecule has 1 unspecified atom stereocenters. The van der Waals surface area contributed by atoms with Gasteiger partial charge in [-0.1, -0.05) is 74.5 Å². The molecule has 0 saturated carbocycles. The van der Waals surface area contributed by atoms with Crippen LogP contribution < -0.4 is 10.6 Å². The van der Waals surface area contributed by atoms with Crippen LogP contribution in [-0.4, -0.2) is 54.5 Å². The number of hydrogen-bond donors (Lipinski definition) is 2. The minimum Gasteiger partial charge on any atom is -0.444 e. The normalized spacial score (nSPS) is 15.5. The Morgan fingerprint density at radius 3 is 2.00 bits per heavy atom. The lowest BCUT2D eigenvalue weighted by Crippen LogP contribution is -2.55. The van der Waals surface area contributed by atoms with Gasteiger partial charge < -0.3 is 20.1 Å². The standard InChI is InChI=1S/C28H39N3O4/c1-20(2)16-24(30-27(33)35-28(3,4)5)26(32)29-19-34-23-17-31(18-23)25(21-12-8-6-9-13-21)22-14-10-7-11-15-22/h6-15,20,23-25H,16-19H2,1-5H3,(H,29,32)(H,30,33). The van der Waals surface area contributed by atoms with Gasteiger partial charge in [0.15, 0.2) is 0 Å². The number of amides is 2. The molecule has 7 nitrogen and oxygen atoms in total. The summed E-state index contributed by atoms with van der Waals surface area (Å²) in [4.78, 5) is 27.3. The van der Waals surface area contributed by atoms with E-state index >= 15 is 0 Å². The van der Waals surface area contributed by atoms with E-state index in [4.69, 9.17) is 9.47 Å². The molecule has 35 heavy (non-hydrogen) atoms. The van der Waals surface area contributed by atoms with Gasteiger partial charge in [0.25, 0.3) is 0 Å². The van der Waals surface area contributed by atoms with Gasteiger partial charge in [-0.3, -0.25) is 9.69 Å². The summed E-state index contributed by atoms with van der Waals surface area (Å²) in [6.45, 7) is 11.0. The predicted molar refractivity (Wildman–Crippen MR) is 137 cm³/mol. The van der Waals surface area contributed by atoms with Crippen LogP contribution in [-0.2, 0) is 14.3 Å². The number of benzene rings is 2. The molecule has 2 amide bonds. The largest absolute Gasteiger partial charge is 0.444 e. The fourth-order valence-corrected chi connectivity index (χ4v) is 4.18. The predicted octanol–water partition coefficient (Wildman–Crippen LogP) is 4.49. The molecule has 7 heteroatoms. The Morgan fingerprint density at radius 2 is 1.51 bits per heavy atom. The molecule has 190 valence electrons. The summed E-state index contributed by atoms with van der Waals surface area (Å²) in [5, 5.41) is 5.51. The highest BCUT2D eigenvalue weighted by Gasteiger charge is 2.35. The highest BCUT2D eigenvalue weighted by atomic mass is 16.6. The number of hydrogen-bond acceptors (Lipinski definition) is 5. The Labute approximate surface area is 209 Å². The van der Waals surface area contributed by atoms with Gasteiger partial charge in [0, 0.05) is 13.1 Å². The topological polar surface area (TPSA) is 79.9 Å². The summed E-state index contributed by atoms with van der Waals surface area (Å²) in [5.41, 5.74) is 1.87. The van der Waals surface area contributed by atoms with Crippen molar-refractivity contribution in [3.63, 3.8) is 0 Å². The summed E-state index contributed by atoms with van der Waals surface area (Å²) in [6, 6.07) is 20.4. The zero-order valence-corrected chi connectivity index (χ0v) is 21.5. The Morgan fingerprint density at radius 1 is 0.971 bits per heavy atom. The first-order valence-corrected chi connectivity index (χ1v) is 12.3. The first-order chi connectivity index (χ1) is 16.6. The van der Waals surface area contributed by atoms with E-state index in [0.29, 0.717) is 6.42 Å². The summed E-state index contributed by atoms with van der Waals surface area (Å²) in [6.07, 6.45) is -0.0488. The van der Waals surface area contributed by atoms with Crippen molar-refractivity contribution in [1.29, 1.82) is 0 Å². The average Bonchev–Trinajstić information content (AvgIpc) is 2.76. The van der Waals surface area contributed by atoms with Crippen molar-refractivity contribution in [2.75, 3.05) is 19.8 Å². The van der Waals surface area contributed by atoms with Crippen LogP contribution in [0.5, 0.6) is 0 Å². The molecule has 0 aromatic heterocycles. The van der Waals surface area contributed by atoms with Gasteiger partial charge in [0.2, 0.25) is 5.91 Å². The molecule has 0 aliphatic carbocycles. The van der Waals surface area contributed by atoms with Crippen LogP contribution in [0.15, 0.2) is 60.7 Å². The van der Waals surface area contributed by atoms with Crippen LogP contribution in [0.25, 0.3) is 0 Å². The molecule has 1 aliphatic rings. The van der Waals surface area contributed by atoms with Crippen LogP contribution >= 0.6 is 0 Å². The van der Waals surface area contributed by atoms with Crippen molar-refractivity contribution < 1.29 is 19.1 Å². The third kappa shape index (κ3) is 8.37. The van der Waals surface area contributed by atoms with E-state index in [1.807, 2.05) is 26.0 Å². The molecule has 1 heterocycles. The lowest BCUT2D eigenvalue weighted by Gasteiger charge is -2.44. The molecule has 2 aromatic carbocycles. The number of carbonyl (C=O) groups is 2. The van der Waals surface area contributed by atoms with E-state index in [-0.39, 0.29) is 30.7 Å². The van der Waals surface area contributed by atoms with Gasteiger partial charge in [0.05, 0.1) is 12.1 Å². The molecule has 3 rings (SSSR count). The zero-order chi connectivity index (χ0) is 25.4. The summed E-state index contributed by atoms with van der Waals surface area (Å²) in [5.74, 6) is -0.0399. The fraction of sp³-hybridized carbons (Fsp3) is 0.500. The molecule has 1 saturated heterocycles. The Bertz CT molecular complexity index is 898. The van der Waals surface area contributed by atoms with Crippen LogP contribution in [0.1, 0.15) is 58.2 Å². The van der Waals surface area contributed by atoms with E-state index in [1.54, 1.807) is 20.8 Å². The van der Waals surface area contributed by atoms with Crippen molar-refractivity contribution in [1.82, 2.24) is 15.5 Å². The molecule has 1 aliphatic heterocycles. The molecule has 0 spiro atoms. The Hall–Kier alpha value is -2.90. The molecule has 1 fully saturated rings. The third-order valence-electron chi connectivity index (χ3n) is 5.75. The van der Waals surface area contributed by atoms with Crippen LogP contribution in [0.2, 0.25) is 0 Å². The smallest absolute Gasteiger partial charge is 0.408 e. The van der Waals surface area contributed by atoms with Gasteiger partial charge in [-0.05, 0) is 44.2 Å². The molecule has 0 radical (unpaired) electrons. The first kappa shape index (κ1) is 26.7. The second-order valence-electron chi connectivity index (χ2n) is 10.5. The van der Waals surface area contributed by atoms with Crippen LogP contribution in [0.4, 0.5) is 4.79 Å². The fourth-order valence-electron chi connectivity index (χ4n) is 4.18. The number of likely N-dealkylation sites (tertiary alicyclic amines) is 1. The Balaban J connectivity index is 1.50. The van der Waals surface area contributed by atoms with Gasteiger partial charge in [-0.25, -0.2) is 4.79 Å². The molecular weight excluding hydrogens is 442 g/mol. The highest BCUT2D eigenvalue weighted by molar-refractivity contribution is 5.85. The summed E-state index contributed by atoms with van der Waals surface area (Å²) in [7, 11) is 0. The number of ether oxygens (including phenoxy) is 2. The van der Waals surface area contributed by atoms with E-state index in [2.05, 4.69) is 64.1 Å². The quantitative estimate of drug-likeness (QED) is 0.489. The van der Waals surface area contributed by atoms with E-state index in [0.717, 1.165) is 13.1 Å². The molecule has 0 bridgehead atoms. The van der Waals surface area contributed by atoms with Crippen LogP contribution in [0.3, 0.4) is 0 Å². The maximum absolute atomic E-state index is 12.7. The van der Waals surface area contributed by atoms with Gasteiger partial charge in [-0.2, -0.15) is 0 Å². The lowest BCUT2D eigenvalue weighted by atomic mass is 9.94. The monoisotopic (exact) mass is 481 g/mol. The van der Waals surface area contributed by atoms with Crippen molar-refractivity contribution in [3.05, 3.63) is 71.8 Å². The first-order valence-electron chi connectivity index (χ1n) is 12.3. The van der Waals surface area contributed by atoms with Crippen molar-refractivity contribution in [2.45, 2.75) is 64.8 Å². The van der Waals surface area contributed by atoms with E-state index in [9.17, 15) is 9.59 Å². The van der Waals surface area contributed by atoms with Gasteiger partial charge >= 0.3 is 6.09 Å². The van der Waals surface area contributed by atoms with Crippen molar-refractivity contribution in [3.8, 4) is 0 Å². The molecule has 2 N–H and O–H groups in total. The number of rotatable bonds is 10. The number of nitrogens with one attached hydrogen (secondary N) is 2. The second kappa shape index (κ2) is 12.2. The second-order valence-corrected chi connectivity index (χ2v) is 10.5. The Kier molecular flexibility index (Phi) is 9.29. The SMILES string of the molecule is CC(C)CC(NC(=O)OC(C)(C)C)C(=O)NCOC1CN(C(c2ccccc2)c2ccccc2)C1. The number of alkyl carbamates (subject to hydrolysis) is 1. The number of nitrogens with zero attached hydrogens (tertiary/aromatic N) is 1. The minimum atomic E-state index is -0.674. The van der Waals surface area contributed by atoms with Crippen molar-refractivity contribution in [2.24, 2.45) is 5.92 Å². The van der Waals surface area contributed by atoms with Crippen LogP contribution in [0, 0.1) is 5.92 Å². The lowest BCUT2D eigenvalue weighted by molar-refractivity contribution is -0.128. The minimum absolute atomic E-state index is 0.0348. The van der Waals surface area contributed by atoms with E-state index in [1.165, 1.54) is 11.1 Å². The zero-order valence-electron chi connectivity index (χ0n) is 21.5.